The lowest BCUT2D eigenvalue weighted by molar-refractivity contribution is 0.0476. The third kappa shape index (κ3) is 5.22. The zero-order valence-corrected chi connectivity index (χ0v) is 18.5. The van der Waals surface area contributed by atoms with Gasteiger partial charge in [0.1, 0.15) is 23.6 Å². The molecule has 7 heteroatoms. The Bertz CT molecular complexity index is 1020. The van der Waals surface area contributed by atoms with Crippen molar-refractivity contribution in [2.75, 3.05) is 13.2 Å². The average molecular weight is 427 g/mol. The molecule has 1 aliphatic carbocycles. The van der Waals surface area contributed by atoms with Crippen molar-refractivity contribution in [3.05, 3.63) is 63.3 Å². The first-order valence-electron chi connectivity index (χ1n) is 10.5. The first kappa shape index (κ1) is 22.7. The normalized spacial score (nSPS) is 21.3. The highest BCUT2D eigenvalue weighted by atomic mass is 16.5. The number of carbonyl (C=O) groups is 1. The molecule has 3 rings (SSSR count). The Hall–Kier alpha value is -2.93. The highest BCUT2D eigenvalue weighted by Gasteiger charge is 2.25. The van der Waals surface area contributed by atoms with Crippen molar-refractivity contribution in [2.45, 2.75) is 52.7 Å². The summed E-state index contributed by atoms with van der Waals surface area (Å²) in [5.74, 6) is -0.804. The molecule has 0 spiro atoms. The molecule has 166 valence electrons. The number of ether oxygens (including phenoxy) is 2. The van der Waals surface area contributed by atoms with Crippen molar-refractivity contribution in [1.29, 1.82) is 5.41 Å². The van der Waals surface area contributed by atoms with E-state index in [4.69, 9.17) is 14.9 Å². The molecule has 2 aliphatic rings. The van der Waals surface area contributed by atoms with Gasteiger partial charge in [-0.2, -0.15) is 0 Å². The third-order valence-corrected chi connectivity index (χ3v) is 5.82. The van der Waals surface area contributed by atoms with Crippen molar-refractivity contribution in [2.24, 2.45) is 5.41 Å². The number of carboxylic acid groups (broad SMARTS) is 1. The zero-order valence-electron chi connectivity index (χ0n) is 18.5. The summed E-state index contributed by atoms with van der Waals surface area (Å²) in [6.07, 6.45) is 10.5. The molecule has 2 atom stereocenters. The van der Waals surface area contributed by atoms with Gasteiger partial charge >= 0.3 is 5.97 Å². The number of hydrogen-bond acceptors (Lipinski definition) is 5. The summed E-state index contributed by atoms with van der Waals surface area (Å²) < 4.78 is 13.2. The number of aromatic carboxylic acids is 1. The van der Waals surface area contributed by atoms with E-state index in [0.717, 1.165) is 19.4 Å². The Morgan fingerprint density at radius 3 is 2.81 bits per heavy atom. The van der Waals surface area contributed by atoms with Gasteiger partial charge < -0.3 is 19.1 Å². The van der Waals surface area contributed by atoms with Crippen LogP contribution >= 0.6 is 0 Å². The molecular weight excluding hydrogens is 396 g/mol. The predicted molar refractivity (Wildman–Crippen MR) is 120 cm³/mol. The van der Waals surface area contributed by atoms with Gasteiger partial charge in [-0.05, 0) is 37.3 Å². The molecule has 7 nitrogen and oxygen atoms in total. The van der Waals surface area contributed by atoms with Crippen molar-refractivity contribution in [1.82, 2.24) is 4.57 Å². The molecule has 2 heterocycles. The Labute approximate surface area is 182 Å². The van der Waals surface area contributed by atoms with E-state index in [1.807, 2.05) is 6.92 Å². The first-order chi connectivity index (χ1) is 14.6. The van der Waals surface area contributed by atoms with Gasteiger partial charge in [-0.25, -0.2) is 4.79 Å². The van der Waals surface area contributed by atoms with Gasteiger partial charge in [0.2, 0.25) is 0 Å². The van der Waals surface area contributed by atoms with E-state index < -0.39 is 11.4 Å². The summed E-state index contributed by atoms with van der Waals surface area (Å²) in [6, 6.07) is 1.23. The van der Waals surface area contributed by atoms with E-state index >= 15 is 0 Å². The van der Waals surface area contributed by atoms with Crippen LogP contribution in [0.25, 0.3) is 6.08 Å². The maximum absolute atomic E-state index is 12.4. The minimum Gasteiger partial charge on any atom is -0.489 e. The van der Waals surface area contributed by atoms with Gasteiger partial charge in [0.15, 0.2) is 5.43 Å². The van der Waals surface area contributed by atoms with Gasteiger partial charge in [0, 0.05) is 36.2 Å². The number of pyridine rings is 1. The molecule has 1 aliphatic heterocycles. The Balaban J connectivity index is 1.94. The van der Waals surface area contributed by atoms with Crippen molar-refractivity contribution in [3.8, 4) is 0 Å². The standard InChI is InChI=1S/C24H30N2O5/c1-15(24(2,3)4)26-13-19(23(28)29)20(27)12-17(26)11-16-7-5-9-21(22(16)25)31-14-18-8-6-10-30-18/h5,7,9,11-13,15,18,25H,6,8,10,14H2,1-4H3,(H,28,29)/b16-11+,25-22?. The lowest BCUT2D eigenvalue weighted by atomic mass is 9.87. The van der Waals surface area contributed by atoms with Crippen LogP contribution in [0.15, 0.2) is 46.6 Å². The van der Waals surface area contributed by atoms with Gasteiger partial charge in [0.05, 0.1) is 6.10 Å². The molecule has 0 radical (unpaired) electrons. The molecule has 0 aromatic carbocycles. The van der Waals surface area contributed by atoms with E-state index in [1.165, 1.54) is 12.3 Å². The number of carboxylic acids is 1. The van der Waals surface area contributed by atoms with E-state index in [0.29, 0.717) is 23.6 Å². The summed E-state index contributed by atoms with van der Waals surface area (Å²) in [5, 5.41) is 18.0. The van der Waals surface area contributed by atoms with Crippen LogP contribution in [-0.4, -0.2) is 40.7 Å². The lowest BCUT2D eigenvalue weighted by Gasteiger charge is -2.31. The van der Waals surface area contributed by atoms with Gasteiger partial charge in [0.25, 0.3) is 0 Å². The van der Waals surface area contributed by atoms with E-state index in [1.54, 1.807) is 28.9 Å². The topological polar surface area (TPSA) is 102 Å². The van der Waals surface area contributed by atoms with Crippen LogP contribution in [0.3, 0.4) is 0 Å². The number of rotatable bonds is 6. The van der Waals surface area contributed by atoms with E-state index in [-0.39, 0.29) is 28.8 Å². The van der Waals surface area contributed by atoms with Crippen LogP contribution in [0.5, 0.6) is 0 Å². The van der Waals surface area contributed by atoms with Crippen molar-refractivity contribution < 1.29 is 19.4 Å². The Morgan fingerprint density at radius 2 is 2.19 bits per heavy atom. The summed E-state index contributed by atoms with van der Waals surface area (Å²) in [6.45, 7) is 9.27. The highest BCUT2D eigenvalue weighted by Crippen LogP contribution is 2.32. The average Bonchev–Trinajstić information content (AvgIpc) is 3.21. The maximum atomic E-state index is 12.4. The molecule has 1 aromatic rings. The molecule has 1 aromatic heterocycles. The SMILES string of the molecule is CC(n1cc(C(=O)O)c(=O)cc1/C=C1\C=CC=C(OCC2CCCO2)C1=N)C(C)(C)C. The second-order valence-electron chi connectivity index (χ2n) is 9.04. The van der Waals surface area contributed by atoms with Crippen molar-refractivity contribution in [3.63, 3.8) is 0 Å². The minimum absolute atomic E-state index is 0.0495. The second kappa shape index (κ2) is 9.06. The molecule has 2 N–H and O–H groups in total. The fraction of sp³-hybridized carbons (Fsp3) is 0.458. The fourth-order valence-electron chi connectivity index (χ4n) is 3.50. The molecule has 0 amide bonds. The molecule has 0 saturated carbocycles. The molecule has 31 heavy (non-hydrogen) atoms. The predicted octanol–water partition coefficient (Wildman–Crippen LogP) is 4.21. The smallest absolute Gasteiger partial charge is 0.341 e. The number of allylic oxidation sites excluding steroid dienone is 4. The van der Waals surface area contributed by atoms with Crippen molar-refractivity contribution >= 4 is 17.8 Å². The number of aromatic nitrogens is 1. The van der Waals surface area contributed by atoms with Gasteiger partial charge in [-0.1, -0.05) is 32.9 Å². The summed E-state index contributed by atoms with van der Waals surface area (Å²) in [5.41, 5.74) is 0.333. The molecule has 0 bridgehead atoms. The highest BCUT2D eigenvalue weighted by molar-refractivity contribution is 6.14. The number of hydrogen-bond donors (Lipinski definition) is 2. The number of nitrogens with one attached hydrogen (secondary N) is 1. The maximum Gasteiger partial charge on any atom is 0.341 e. The molecule has 1 saturated heterocycles. The van der Waals surface area contributed by atoms with Crippen LogP contribution in [0.4, 0.5) is 0 Å². The van der Waals surface area contributed by atoms with Crippen LogP contribution < -0.4 is 5.43 Å². The molecule has 1 fully saturated rings. The third-order valence-electron chi connectivity index (χ3n) is 5.82. The minimum atomic E-state index is -1.25. The Morgan fingerprint density at radius 1 is 1.45 bits per heavy atom. The number of nitrogens with zero attached hydrogens (tertiary/aromatic N) is 1. The second-order valence-corrected chi connectivity index (χ2v) is 9.04. The van der Waals surface area contributed by atoms with Crippen LogP contribution in [0, 0.1) is 10.8 Å². The largest absolute Gasteiger partial charge is 0.489 e. The summed E-state index contributed by atoms with van der Waals surface area (Å²) in [7, 11) is 0. The van der Waals surface area contributed by atoms with Crippen LogP contribution in [-0.2, 0) is 9.47 Å². The molecule has 2 unspecified atom stereocenters. The van der Waals surface area contributed by atoms with E-state index in [9.17, 15) is 14.7 Å². The zero-order chi connectivity index (χ0) is 22.8. The quantitative estimate of drug-likeness (QED) is 0.710. The first-order valence-corrected chi connectivity index (χ1v) is 10.5. The van der Waals surface area contributed by atoms with Crippen LogP contribution in [0.1, 0.15) is 62.6 Å². The summed E-state index contributed by atoms with van der Waals surface area (Å²) >= 11 is 0. The fourth-order valence-corrected chi connectivity index (χ4v) is 3.50. The summed E-state index contributed by atoms with van der Waals surface area (Å²) in [4.78, 5) is 23.9. The lowest BCUT2D eigenvalue weighted by Crippen LogP contribution is -2.27. The van der Waals surface area contributed by atoms with Crippen LogP contribution in [0.2, 0.25) is 0 Å². The Kier molecular flexibility index (Phi) is 6.65. The monoisotopic (exact) mass is 426 g/mol. The van der Waals surface area contributed by atoms with Gasteiger partial charge in [-0.15, -0.1) is 0 Å². The van der Waals surface area contributed by atoms with E-state index in [2.05, 4.69) is 20.8 Å². The molecular formula is C24H30N2O5. The van der Waals surface area contributed by atoms with Gasteiger partial charge in [-0.3, -0.25) is 10.2 Å².